The molecule has 172 valence electrons. The number of allylic oxidation sites excluding steroid dienone is 1. The topological polar surface area (TPSA) is 136 Å². The van der Waals surface area contributed by atoms with Crippen LogP contribution in [0, 0.1) is 0 Å². The summed E-state index contributed by atoms with van der Waals surface area (Å²) in [5.41, 5.74) is 3.43. The lowest BCUT2D eigenvalue weighted by Gasteiger charge is -2.10. The number of aliphatic imine (C=N–C) groups is 1. The van der Waals surface area contributed by atoms with E-state index in [1.54, 1.807) is 6.07 Å². The van der Waals surface area contributed by atoms with Gasteiger partial charge in [-0.1, -0.05) is 35.6 Å². The average molecular weight is 496 g/mol. The standard InChI is InChI=1S/C20H15F3N4O4S2/c1-33(30,31)12-6-4-5-11(9-12)17-26-27-18(32-17)16(10-14(24)19(28)29)25-15-8-3-2-7-13(15)20(21,22)23/h2-10H,24H2,1H3,(H,28,29). The first kappa shape index (κ1) is 24.1. The molecule has 0 bridgehead atoms. The minimum absolute atomic E-state index is 0.0177. The van der Waals surface area contributed by atoms with E-state index in [2.05, 4.69) is 15.2 Å². The molecule has 0 fully saturated rings. The second-order valence-corrected chi connectivity index (χ2v) is 9.62. The number of halogens is 3. The molecule has 0 unspecified atom stereocenters. The number of hydrogen-bond acceptors (Lipinski definition) is 8. The largest absolute Gasteiger partial charge is 0.477 e. The van der Waals surface area contributed by atoms with Crippen LogP contribution in [0.2, 0.25) is 0 Å². The van der Waals surface area contributed by atoms with Crippen LogP contribution in [-0.2, 0) is 20.8 Å². The van der Waals surface area contributed by atoms with Crippen molar-refractivity contribution in [2.45, 2.75) is 11.1 Å². The predicted molar refractivity (Wildman–Crippen MR) is 116 cm³/mol. The lowest BCUT2D eigenvalue weighted by atomic mass is 10.1. The quantitative estimate of drug-likeness (QED) is 0.393. The number of para-hydroxylation sites is 1. The summed E-state index contributed by atoms with van der Waals surface area (Å²) in [5.74, 6) is -1.50. The molecule has 1 heterocycles. The van der Waals surface area contributed by atoms with Crippen LogP contribution < -0.4 is 5.73 Å². The number of carbonyl (C=O) groups is 1. The maximum atomic E-state index is 13.4. The first-order valence-corrected chi connectivity index (χ1v) is 11.7. The summed E-state index contributed by atoms with van der Waals surface area (Å²) in [6, 6.07) is 10.3. The number of hydrogen-bond donors (Lipinski definition) is 2. The van der Waals surface area contributed by atoms with Crippen molar-refractivity contribution in [2.75, 3.05) is 6.26 Å². The van der Waals surface area contributed by atoms with Gasteiger partial charge in [0, 0.05) is 11.8 Å². The molecule has 1 aromatic heterocycles. The van der Waals surface area contributed by atoms with Crippen LogP contribution in [0.5, 0.6) is 0 Å². The highest BCUT2D eigenvalue weighted by Gasteiger charge is 2.33. The predicted octanol–water partition coefficient (Wildman–Crippen LogP) is 3.68. The van der Waals surface area contributed by atoms with Crippen LogP contribution in [0.1, 0.15) is 10.6 Å². The highest BCUT2D eigenvalue weighted by Crippen LogP contribution is 2.36. The van der Waals surface area contributed by atoms with E-state index in [4.69, 9.17) is 10.8 Å². The van der Waals surface area contributed by atoms with E-state index >= 15 is 0 Å². The Labute approximate surface area is 189 Å². The van der Waals surface area contributed by atoms with Gasteiger partial charge in [0.2, 0.25) is 0 Å². The molecule has 0 saturated heterocycles. The van der Waals surface area contributed by atoms with Crippen molar-refractivity contribution in [3.05, 3.63) is 70.9 Å². The maximum absolute atomic E-state index is 13.4. The number of carboxylic acids is 1. The third kappa shape index (κ3) is 5.81. The van der Waals surface area contributed by atoms with E-state index in [0.29, 0.717) is 5.56 Å². The fourth-order valence-electron chi connectivity index (χ4n) is 2.59. The Bertz CT molecular complexity index is 1380. The van der Waals surface area contributed by atoms with E-state index in [1.165, 1.54) is 30.3 Å². The van der Waals surface area contributed by atoms with Crippen LogP contribution in [0.3, 0.4) is 0 Å². The summed E-state index contributed by atoms with van der Waals surface area (Å²) in [4.78, 5) is 15.2. The zero-order valence-corrected chi connectivity index (χ0v) is 18.4. The summed E-state index contributed by atoms with van der Waals surface area (Å²) in [6.07, 6.45) is -2.78. The average Bonchev–Trinajstić information content (AvgIpc) is 3.22. The molecule has 0 atom stereocenters. The molecule has 3 aromatic rings. The maximum Gasteiger partial charge on any atom is 0.418 e. The van der Waals surface area contributed by atoms with Gasteiger partial charge in [-0.2, -0.15) is 13.2 Å². The molecule has 33 heavy (non-hydrogen) atoms. The van der Waals surface area contributed by atoms with Gasteiger partial charge < -0.3 is 10.8 Å². The molecule has 13 heteroatoms. The lowest BCUT2D eigenvalue weighted by molar-refractivity contribution is -0.137. The zero-order chi connectivity index (χ0) is 24.4. The molecule has 3 N–H and O–H groups in total. The van der Waals surface area contributed by atoms with Gasteiger partial charge in [-0.3, -0.25) is 0 Å². The van der Waals surface area contributed by atoms with Crippen molar-refractivity contribution in [3.63, 3.8) is 0 Å². The third-order valence-corrected chi connectivity index (χ3v) is 6.25. The summed E-state index contributed by atoms with van der Waals surface area (Å²) >= 11 is 0.878. The molecule has 0 spiro atoms. The molecule has 0 saturated carbocycles. The molecule has 0 aliphatic rings. The number of aliphatic carboxylic acids is 1. The second kappa shape index (κ2) is 9.11. The molecular weight excluding hydrogens is 481 g/mol. The van der Waals surface area contributed by atoms with Crippen molar-refractivity contribution in [1.82, 2.24) is 10.2 Å². The van der Waals surface area contributed by atoms with Crippen molar-refractivity contribution < 1.29 is 31.5 Å². The van der Waals surface area contributed by atoms with Gasteiger partial charge >= 0.3 is 12.1 Å². The smallest absolute Gasteiger partial charge is 0.418 e. The number of aromatic nitrogens is 2. The molecule has 3 rings (SSSR count). The monoisotopic (exact) mass is 496 g/mol. The first-order valence-electron chi connectivity index (χ1n) is 8.96. The summed E-state index contributed by atoms with van der Waals surface area (Å²) < 4.78 is 63.7. The van der Waals surface area contributed by atoms with Gasteiger partial charge in [0.25, 0.3) is 0 Å². The van der Waals surface area contributed by atoms with Gasteiger partial charge in [0.15, 0.2) is 14.8 Å². The Kier molecular flexibility index (Phi) is 6.65. The second-order valence-electron chi connectivity index (χ2n) is 6.63. The van der Waals surface area contributed by atoms with Crippen LogP contribution in [0.25, 0.3) is 10.6 Å². The summed E-state index contributed by atoms with van der Waals surface area (Å²) in [7, 11) is -3.49. The SMILES string of the molecule is CS(=O)(=O)c1cccc(-c2nnc(C(C=C(N)C(=O)O)=Nc3ccccc3C(F)(F)F)s2)c1. The van der Waals surface area contributed by atoms with Gasteiger partial charge in [0.05, 0.1) is 16.1 Å². The number of rotatable bonds is 6. The van der Waals surface area contributed by atoms with E-state index in [0.717, 1.165) is 35.8 Å². The number of alkyl halides is 3. The van der Waals surface area contributed by atoms with Crippen molar-refractivity contribution in [1.29, 1.82) is 0 Å². The molecule has 0 amide bonds. The molecule has 0 aliphatic heterocycles. The highest BCUT2D eigenvalue weighted by molar-refractivity contribution is 7.90. The molecule has 2 aromatic carbocycles. The van der Waals surface area contributed by atoms with Crippen LogP contribution >= 0.6 is 11.3 Å². The van der Waals surface area contributed by atoms with E-state index in [-0.39, 0.29) is 20.6 Å². The lowest BCUT2D eigenvalue weighted by Crippen LogP contribution is -2.13. The number of benzene rings is 2. The normalized spacial score (nSPS) is 13.2. The van der Waals surface area contributed by atoms with Crippen LogP contribution in [0.4, 0.5) is 18.9 Å². The first-order chi connectivity index (χ1) is 15.4. The molecular formula is C20H15F3N4O4S2. The Morgan fingerprint density at radius 2 is 1.85 bits per heavy atom. The number of nitrogens with two attached hydrogens (primary N) is 1. The highest BCUT2D eigenvalue weighted by atomic mass is 32.2. The fourth-order valence-corrected chi connectivity index (χ4v) is 4.06. The van der Waals surface area contributed by atoms with Crippen LogP contribution in [-0.4, -0.2) is 41.7 Å². The van der Waals surface area contributed by atoms with Gasteiger partial charge in [-0.25, -0.2) is 18.2 Å². The molecule has 8 nitrogen and oxygen atoms in total. The third-order valence-electron chi connectivity index (χ3n) is 4.14. The number of sulfone groups is 1. The zero-order valence-electron chi connectivity index (χ0n) is 16.7. The summed E-state index contributed by atoms with van der Waals surface area (Å²) in [6.45, 7) is 0. The Morgan fingerprint density at radius 1 is 1.15 bits per heavy atom. The molecule has 0 aliphatic carbocycles. The summed E-state index contributed by atoms with van der Waals surface area (Å²) in [5, 5.41) is 17.2. The number of carboxylic acid groups (broad SMARTS) is 1. The van der Waals surface area contributed by atoms with Gasteiger partial charge in [-0.05, 0) is 30.3 Å². The Balaban J connectivity index is 2.14. The van der Waals surface area contributed by atoms with E-state index in [9.17, 15) is 26.4 Å². The fraction of sp³-hybridized carbons (Fsp3) is 0.100. The minimum atomic E-state index is -4.70. The Hall–Kier alpha value is -3.58. The number of nitrogens with zero attached hydrogens (tertiary/aromatic N) is 3. The van der Waals surface area contributed by atoms with Gasteiger partial charge in [0.1, 0.15) is 16.4 Å². The van der Waals surface area contributed by atoms with Gasteiger partial charge in [-0.15, -0.1) is 10.2 Å². The van der Waals surface area contributed by atoms with E-state index < -0.39 is 38.9 Å². The van der Waals surface area contributed by atoms with Crippen molar-refractivity contribution in [2.24, 2.45) is 10.7 Å². The van der Waals surface area contributed by atoms with Crippen molar-refractivity contribution in [3.8, 4) is 10.6 Å². The Morgan fingerprint density at radius 3 is 2.48 bits per heavy atom. The molecule has 0 radical (unpaired) electrons. The van der Waals surface area contributed by atoms with E-state index in [1.807, 2.05) is 0 Å². The minimum Gasteiger partial charge on any atom is -0.477 e. The van der Waals surface area contributed by atoms with Crippen molar-refractivity contribution >= 4 is 38.5 Å². The van der Waals surface area contributed by atoms with Crippen LogP contribution in [0.15, 0.2) is 70.2 Å².